The lowest BCUT2D eigenvalue weighted by atomic mass is 10.1. The number of Topliss-reactive ketones (excluding diaryl/α,β-unsaturated/α-hetero) is 1. The number of hydrogen-bond donors (Lipinski definition) is 0. The number of hydrogen-bond acceptors (Lipinski definition) is 3. The Hall–Kier alpha value is -2.05. The fourth-order valence-electron chi connectivity index (χ4n) is 1.64. The normalized spacial score (nSPS) is 15.2. The van der Waals surface area contributed by atoms with Crippen LogP contribution < -0.4 is 0 Å². The first-order valence-electron chi connectivity index (χ1n) is 5.95. The Morgan fingerprint density at radius 2 is 1.94 bits per heavy atom. The van der Waals surface area contributed by atoms with Crippen LogP contribution in [0.25, 0.3) is 0 Å². The molecule has 0 unspecified atom stereocenters. The number of benzene rings is 1. The molecule has 1 aromatic carbocycles. The fraction of sp³-hybridized carbons (Fsp3) is 0.267. The van der Waals surface area contributed by atoms with Gasteiger partial charge in [0.05, 0.1) is 13.2 Å². The van der Waals surface area contributed by atoms with E-state index in [2.05, 4.69) is 16.7 Å². The van der Waals surface area contributed by atoms with Gasteiger partial charge in [-0.15, -0.1) is 0 Å². The van der Waals surface area contributed by atoms with E-state index >= 15 is 0 Å². The first-order valence-corrected chi connectivity index (χ1v) is 5.95. The maximum absolute atomic E-state index is 11.7. The quantitative estimate of drug-likeness (QED) is 0.448. The van der Waals surface area contributed by atoms with E-state index in [0.29, 0.717) is 5.56 Å². The second kappa shape index (κ2) is 6.63. The predicted octanol–water partition coefficient (Wildman–Crippen LogP) is 1.72. The molecule has 3 heteroatoms. The second-order valence-corrected chi connectivity index (χ2v) is 3.93. The van der Waals surface area contributed by atoms with E-state index in [1.165, 1.54) is 0 Å². The van der Waals surface area contributed by atoms with Crippen molar-refractivity contribution < 1.29 is 9.53 Å². The van der Waals surface area contributed by atoms with Crippen molar-refractivity contribution >= 4 is 5.78 Å². The first-order chi connectivity index (χ1) is 8.86. The molecule has 1 saturated heterocycles. The van der Waals surface area contributed by atoms with Gasteiger partial charge in [0.2, 0.25) is 5.78 Å². The third-order valence-electron chi connectivity index (χ3n) is 2.64. The lowest BCUT2D eigenvalue weighted by Crippen LogP contribution is -2.31. The SMILES string of the molecule is O=C(C#CC=CN1CCOCC1)c1ccccc1. The molecule has 0 amide bonds. The van der Waals surface area contributed by atoms with Gasteiger partial charge in [0.1, 0.15) is 0 Å². The predicted molar refractivity (Wildman–Crippen MR) is 70.1 cm³/mol. The molecular weight excluding hydrogens is 226 g/mol. The number of carbonyl (C=O) groups is 1. The molecule has 1 aliphatic heterocycles. The van der Waals surface area contributed by atoms with Gasteiger partial charge in [-0.2, -0.15) is 0 Å². The second-order valence-electron chi connectivity index (χ2n) is 3.93. The molecule has 92 valence electrons. The number of ketones is 1. The summed E-state index contributed by atoms with van der Waals surface area (Å²) in [5.41, 5.74) is 0.629. The molecule has 0 spiro atoms. The molecule has 1 aromatic rings. The third kappa shape index (κ3) is 3.76. The summed E-state index contributed by atoms with van der Waals surface area (Å²) in [6, 6.07) is 9.07. The molecule has 0 aliphatic carbocycles. The zero-order chi connectivity index (χ0) is 12.6. The molecule has 18 heavy (non-hydrogen) atoms. The smallest absolute Gasteiger partial charge is 0.236 e. The van der Waals surface area contributed by atoms with Crippen LogP contribution in [-0.2, 0) is 4.74 Å². The van der Waals surface area contributed by atoms with Crippen LogP contribution >= 0.6 is 0 Å². The Balaban J connectivity index is 1.88. The Kier molecular flexibility index (Phi) is 4.57. The number of morpholine rings is 1. The average Bonchev–Trinajstić information content (AvgIpc) is 2.45. The van der Waals surface area contributed by atoms with Crippen LogP contribution in [0.3, 0.4) is 0 Å². The van der Waals surface area contributed by atoms with Gasteiger partial charge in [-0.05, 0) is 5.92 Å². The minimum absolute atomic E-state index is 0.151. The molecule has 3 nitrogen and oxygen atoms in total. The van der Waals surface area contributed by atoms with Crippen molar-refractivity contribution in [3.63, 3.8) is 0 Å². The summed E-state index contributed by atoms with van der Waals surface area (Å²) in [5.74, 6) is 5.22. The van der Waals surface area contributed by atoms with Crippen molar-refractivity contribution in [2.45, 2.75) is 0 Å². The molecule has 0 N–H and O–H groups in total. The van der Waals surface area contributed by atoms with Crippen LogP contribution in [-0.4, -0.2) is 37.0 Å². The van der Waals surface area contributed by atoms with Gasteiger partial charge in [-0.1, -0.05) is 36.3 Å². The van der Waals surface area contributed by atoms with Gasteiger partial charge in [-0.25, -0.2) is 0 Å². The highest BCUT2D eigenvalue weighted by Crippen LogP contribution is 1.99. The average molecular weight is 241 g/mol. The summed E-state index contributed by atoms with van der Waals surface area (Å²) in [6.07, 6.45) is 3.62. The summed E-state index contributed by atoms with van der Waals surface area (Å²) in [5, 5.41) is 0. The summed E-state index contributed by atoms with van der Waals surface area (Å²) in [7, 11) is 0. The van der Waals surface area contributed by atoms with E-state index in [1.54, 1.807) is 18.2 Å². The van der Waals surface area contributed by atoms with Crippen LogP contribution in [0, 0.1) is 11.8 Å². The molecule has 0 aromatic heterocycles. The molecule has 2 rings (SSSR count). The third-order valence-corrected chi connectivity index (χ3v) is 2.64. The number of nitrogens with zero attached hydrogens (tertiary/aromatic N) is 1. The Labute approximate surface area is 107 Å². The van der Waals surface area contributed by atoms with Crippen LogP contribution in [0.1, 0.15) is 10.4 Å². The van der Waals surface area contributed by atoms with Crippen LogP contribution in [0.4, 0.5) is 0 Å². The van der Waals surface area contributed by atoms with E-state index in [4.69, 9.17) is 4.74 Å². The van der Waals surface area contributed by atoms with E-state index in [9.17, 15) is 4.79 Å². The zero-order valence-corrected chi connectivity index (χ0v) is 10.1. The topological polar surface area (TPSA) is 29.5 Å². The summed E-state index contributed by atoms with van der Waals surface area (Å²) >= 11 is 0. The molecular formula is C15H15NO2. The van der Waals surface area contributed by atoms with Crippen LogP contribution in [0.15, 0.2) is 42.6 Å². The lowest BCUT2D eigenvalue weighted by Gasteiger charge is -2.24. The van der Waals surface area contributed by atoms with E-state index in [0.717, 1.165) is 26.3 Å². The van der Waals surface area contributed by atoms with Crippen molar-refractivity contribution in [3.05, 3.63) is 48.2 Å². The summed E-state index contributed by atoms with van der Waals surface area (Å²) in [6.45, 7) is 3.26. The Bertz CT molecular complexity index is 476. The lowest BCUT2D eigenvalue weighted by molar-refractivity contribution is 0.0594. The Morgan fingerprint density at radius 3 is 2.67 bits per heavy atom. The largest absolute Gasteiger partial charge is 0.378 e. The highest BCUT2D eigenvalue weighted by atomic mass is 16.5. The van der Waals surface area contributed by atoms with E-state index < -0.39 is 0 Å². The molecule has 1 heterocycles. The molecule has 1 aliphatic rings. The summed E-state index contributed by atoms with van der Waals surface area (Å²) in [4.78, 5) is 13.8. The number of rotatable bonds is 2. The van der Waals surface area contributed by atoms with E-state index in [-0.39, 0.29) is 5.78 Å². The van der Waals surface area contributed by atoms with Crippen molar-refractivity contribution in [2.75, 3.05) is 26.3 Å². The highest BCUT2D eigenvalue weighted by molar-refractivity contribution is 6.09. The Morgan fingerprint density at radius 1 is 1.22 bits per heavy atom. The first kappa shape index (κ1) is 12.4. The van der Waals surface area contributed by atoms with Crippen molar-refractivity contribution in [1.82, 2.24) is 4.90 Å². The van der Waals surface area contributed by atoms with Crippen molar-refractivity contribution in [2.24, 2.45) is 0 Å². The van der Waals surface area contributed by atoms with Gasteiger partial charge in [0.25, 0.3) is 0 Å². The summed E-state index contributed by atoms with van der Waals surface area (Å²) < 4.78 is 5.24. The van der Waals surface area contributed by atoms with Crippen LogP contribution in [0.5, 0.6) is 0 Å². The standard InChI is InChI=1S/C15H15NO2/c17-15(14-6-2-1-3-7-14)8-4-5-9-16-10-12-18-13-11-16/h1-3,5-7,9H,10-13H2. The maximum Gasteiger partial charge on any atom is 0.236 e. The maximum atomic E-state index is 11.7. The van der Waals surface area contributed by atoms with Crippen molar-refractivity contribution in [3.8, 4) is 11.8 Å². The zero-order valence-electron chi connectivity index (χ0n) is 10.1. The number of ether oxygens (including phenoxy) is 1. The number of allylic oxidation sites excluding steroid dienone is 1. The fourth-order valence-corrected chi connectivity index (χ4v) is 1.64. The minimum Gasteiger partial charge on any atom is -0.378 e. The molecule has 0 bridgehead atoms. The van der Waals surface area contributed by atoms with Gasteiger partial charge in [0.15, 0.2) is 0 Å². The van der Waals surface area contributed by atoms with Crippen molar-refractivity contribution in [1.29, 1.82) is 0 Å². The van der Waals surface area contributed by atoms with Crippen LogP contribution in [0.2, 0.25) is 0 Å². The highest BCUT2D eigenvalue weighted by Gasteiger charge is 2.04. The monoisotopic (exact) mass is 241 g/mol. The molecule has 0 radical (unpaired) electrons. The van der Waals surface area contributed by atoms with Gasteiger partial charge >= 0.3 is 0 Å². The molecule has 0 saturated carbocycles. The van der Waals surface area contributed by atoms with E-state index in [1.807, 2.05) is 24.4 Å². The minimum atomic E-state index is -0.151. The number of carbonyl (C=O) groups excluding carboxylic acids is 1. The van der Waals surface area contributed by atoms with Gasteiger partial charge < -0.3 is 9.64 Å². The van der Waals surface area contributed by atoms with Gasteiger partial charge in [0, 0.05) is 30.9 Å². The van der Waals surface area contributed by atoms with Gasteiger partial charge in [-0.3, -0.25) is 4.79 Å². The molecule has 1 fully saturated rings. The molecule has 0 atom stereocenters.